The Kier molecular flexibility index (Phi) is 6.22. The van der Waals surface area contributed by atoms with Gasteiger partial charge in [0.1, 0.15) is 4.83 Å². The number of likely N-dealkylation sites (N-methyl/N-ethyl adjacent to an activating group) is 1. The SMILES string of the molecule is CC1COCCC1n1ncc2cc(C(=O)N[C@H]3CC[C@H](N4CCN(C)CC4=O)CC3)sc21. The van der Waals surface area contributed by atoms with Gasteiger partial charge >= 0.3 is 0 Å². The number of carbonyl (C=O) groups excluding carboxylic acids is 2. The minimum absolute atomic E-state index is 0.0110. The fourth-order valence-electron chi connectivity index (χ4n) is 5.40. The fourth-order valence-corrected chi connectivity index (χ4v) is 6.45. The first kappa shape index (κ1) is 21.9. The molecule has 2 unspecified atom stereocenters. The zero-order valence-electron chi connectivity index (χ0n) is 19.0. The lowest BCUT2D eigenvalue weighted by Crippen LogP contribution is -2.54. The molecule has 2 amide bonds. The van der Waals surface area contributed by atoms with Crippen LogP contribution < -0.4 is 5.32 Å². The van der Waals surface area contributed by atoms with Crippen LogP contribution in [0.1, 0.15) is 54.7 Å². The second-order valence-corrected chi connectivity index (χ2v) is 10.7. The Hall–Kier alpha value is -1.97. The summed E-state index contributed by atoms with van der Waals surface area (Å²) in [5.41, 5.74) is 0. The van der Waals surface area contributed by atoms with Gasteiger partial charge in [0.15, 0.2) is 0 Å². The molecule has 32 heavy (non-hydrogen) atoms. The van der Waals surface area contributed by atoms with Gasteiger partial charge in [-0.05, 0) is 45.2 Å². The Labute approximate surface area is 192 Å². The molecule has 0 spiro atoms. The molecule has 3 aliphatic rings. The molecule has 0 bridgehead atoms. The standard InChI is InChI=1S/C23H33N5O3S/c1-15-14-31-10-7-19(15)28-23-16(12-24-28)11-20(32-23)22(30)25-17-3-5-18(6-4-17)27-9-8-26(2)13-21(27)29/h11-12,15,17-19H,3-10,13-14H2,1-2H3,(H,25,30)/t15?,17-,18-,19?. The highest BCUT2D eigenvalue weighted by Gasteiger charge is 2.32. The van der Waals surface area contributed by atoms with Gasteiger partial charge in [0.25, 0.3) is 5.91 Å². The maximum Gasteiger partial charge on any atom is 0.261 e. The zero-order valence-corrected chi connectivity index (χ0v) is 19.8. The molecule has 4 heterocycles. The molecule has 0 radical (unpaired) electrons. The summed E-state index contributed by atoms with van der Waals surface area (Å²) in [7, 11) is 2.00. The van der Waals surface area contributed by atoms with Crippen molar-refractivity contribution in [1.82, 2.24) is 24.9 Å². The molecule has 2 atom stereocenters. The van der Waals surface area contributed by atoms with E-state index in [1.807, 2.05) is 19.3 Å². The summed E-state index contributed by atoms with van der Waals surface area (Å²) in [4.78, 5) is 31.3. The number of hydrogen-bond acceptors (Lipinski definition) is 6. The highest BCUT2D eigenvalue weighted by atomic mass is 32.1. The summed E-state index contributed by atoms with van der Waals surface area (Å²) in [5.74, 6) is 0.662. The quantitative estimate of drug-likeness (QED) is 0.760. The smallest absolute Gasteiger partial charge is 0.261 e. The number of rotatable bonds is 4. The minimum Gasteiger partial charge on any atom is -0.381 e. The van der Waals surface area contributed by atoms with Crippen molar-refractivity contribution < 1.29 is 14.3 Å². The van der Waals surface area contributed by atoms with Crippen LogP contribution in [0, 0.1) is 5.92 Å². The third kappa shape index (κ3) is 4.30. The van der Waals surface area contributed by atoms with Crippen molar-refractivity contribution in [3.8, 4) is 0 Å². The van der Waals surface area contributed by atoms with E-state index in [0.29, 0.717) is 24.5 Å². The predicted molar refractivity (Wildman–Crippen MR) is 124 cm³/mol. The van der Waals surface area contributed by atoms with Crippen molar-refractivity contribution in [1.29, 1.82) is 0 Å². The second-order valence-electron chi connectivity index (χ2n) is 9.67. The molecule has 8 nitrogen and oxygen atoms in total. The van der Waals surface area contributed by atoms with E-state index < -0.39 is 0 Å². The molecule has 1 aliphatic carbocycles. The molecule has 2 aromatic rings. The number of aromatic nitrogens is 2. The number of piperazine rings is 1. The van der Waals surface area contributed by atoms with Crippen LogP contribution >= 0.6 is 11.3 Å². The molecule has 2 aromatic heterocycles. The van der Waals surface area contributed by atoms with Gasteiger partial charge in [-0.15, -0.1) is 11.3 Å². The van der Waals surface area contributed by atoms with Crippen LogP contribution in [0.2, 0.25) is 0 Å². The number of thiophene rings is 1. The van der Waals surface area contributed by atoms with E-state index in [4.69, 9.17) is 4.74 Å². The van der Waals surface area contributed by atoms with Crippen LogP contribution in [-0.2, 0) is 9.53 Å². The molecular weight excluding hydrogens is 426 g/mol. The average Bonchev–Trinajstić information content (AvgIpc) is 3.36. The topological polar surface area (TPSA) is 79.7 Å². The van der Waals surface area contributed by atoms with Crippen molar-refractivity contribution >= 4 is 33.4 Å². The number of ether oxygens (including phenoxy) is 1. The van der Waals surface area contributed by atoms with E-state index in [0.717, 1.165) is 73.5 Å². The third-order valence-electron chi connectivity index (χ3n) is 7.32. The highest BCUT2D eigenvalue weighted by molar-refractivity contribution is 7.20. The molecule has 9 heteroatoms. The molecule has 1 saturated carbocycles. The van der Waals surface area contributed by atoms with Crippen LogP contribution in [0.15, 0.2) is 12.3 Å². The maximum absolute atomic E-state index is 13.0. The molecule has 3 fully saturated rings. The van der Waals surface area contributed by atoms with Crippen LogP contribution in [-0.4, -0.2) is 83.4 Å². The molecule has 2 aliphatic heterocycles. The number of nitrogens with one attached hydrogen (secondary N) is 1. The number of nitrogens with zero attached hydrogens (tertiary/aromatic N) is 4. The Morgan fingerprint density at radius 1 is 1.22 bits per heavy atom. The number of hydrogen-bond donors (Lipinski definition) is 1. The van der Waals surface area contributed by atoms with Gasteiger partial charge in [0, 0.05) is 43.1 Å². The van der Waals surface area contributed by atoms with E-state index in [9.17, 15) is 9.59 Å². The number of fused-ring (bicyclic) bond motifs is 1. The number of carbonyl (C=O) groups is 2. The van der Waals surface area contributed by atoms with E-state index in [2.05, 4.69) is 31.8 Å². The lowest BCUT2D eigenvalue weighted by Gasteiger charge is -2.41. The fraction of sp³-hybridized carbons (Fsp3) is 0.696. The summed E-state index contributed by atoms with van der Waals surface area (Å²) in [6.07, 6.45) is 6.61. The van der Waals surface area contributed by atoms with Gasteiger partial charge in [0.2, 0.25) is 5.91 Å². The normalized spacial score (nSPS) is 30.1. The molecule has 1 N–H and O–H groups in total. The Morgan fingerprint density at radius 3 is 2.78 bits per heavy atom. The van der Waals surface area contributed by atoms with Crippen LogP contribution in [0.3, 0.4) is 0 Å². The van der Waals surface area contributed by atoms with Gasteiger partial charge < -0.3 is 15.0 Å². The molecular formula is C23H33N5O3S. The third-order valence-corrected chi connectivity index (χ3v) is 8.46. The van der Waals surface area contributed by atoms with Crippen LogP contribution in [0.25, 0.3) is 10.2 Å². The van der Waals surface area contributed by atoms with Crippen LogP contribution in [0.4, 0.5) is 0 Å². The van der Waals surface area contributed by atoms with Gasteiger partial charge in [0.05, 0.1) is 30.3 Å². The van der Waals surface area contributed by atoms with E-state index in [1.165, 1.54) is 11.3 Å². The molecule has 174 valence electrons. The first-order valence-electron chi connectivity index (χ1n) is 11.8. The van der Waals surface area contributed by atoms with E-state index >= 15 is 0 Å². The lowest BCUT2D eigenvalue weighted by atomic mass is 9.89. The van der Waals surface area contributed by atoms with Crippen molar-refractivity contribution in [3.05, 3.63) is 17.1 Å². The Morgan fingerprint density at radius 2 is 2.03 bits per heavy atom. The van der Waals surface area contributed by atoms with Gasteiger partial charge in [-0.25, -0.2) is 0 Å². The van der Waals surface area contributed by atoms with Gasteiger partial charge in [-0.3, -0.25) is 19.2 Å². The summed E-state index contributed by atoms with van der Waals surface area (Å²) >= 11 is 1.54. The van der Waals surface area contributed by atoms with Gasteiger partial charge in [-0.1, -0.05) is 6.92 Å². The van der Waals surface area contributed by atoms with Crippen molar-refractivity contribution in [2.24, 2.45) is 5.92 Å². The van der Waals surface area contributed by atoms with Crippen LogP contribution in [0.5, 0.6) is 0 Å². The van der Waals surface area contributed by atoms with Crippen molar-refractivity contribution in [3.63, 3.8) is 0 Å². The Bertz CT molecular complexity index is 980. The number of amides is 2. The zero-order chi connectivity index (χ0) is 22.2. The average molecular weight is 460 g/mol. The Balaban J connectivity index is 1.19. The minimum atomic E-state index is 0.0110. The summed E-state index contributed by atoms with van der Waals surface area (Å²) in [5, 5.41) is 8.90. The summed E-state index contributed by atoms with van der Waals surface area (Å²) < 4.78 is 7.68. The maximum atomic E-state index is 13.0. The molecule has 2 saturated heterocycles. The largest absolute Gasteiger partial charge is 0.381 e. The molecule has 0 aromatic carbocycles. The molecule has 5 rings (SSSR count). The summed E-state index contributed by atoms with van der Waals surface area (Å²) in [6, 6.07) is 2.79. The van der Waals surface area contributed by atoms with E-state index in [-0.39, 0.29) is 17.9 Å². The van der Waals surface area contributed by atoms with Crippen molar-refractivity contribution in [2.45, 2.75) is 57.2 Å². The first-order valence-corrected chi connectivity index (χ1v) is 12.6. The first-order chi connectivity index (χ1) is 15.5. The lowest BCUT2D eigenvalue weighted by molar-refractivity contribution is -0.138. The summed E-state index contributed by atoms with van der Waals surface area (Å²) in [6.45, 7) is 6.00. The van der Waals surface area contributed by atoms with E-state index in [1.54, 1.807) is 0 Å². The monoisotopic (exact) mass is 459 g/mol. The predicted octanol–water partition coefficient (Wildman–Crippen LogP) is 2.51. The van der Waals surface area contributed by atoms with Crippen molar-refractivity contribution in [2.75, 3.05) is 39.9 Å². The second kappa shape index (κ2) is 9.11. The van der Waals surface area contributed by atoms with Gasteiger partial charge in [-0.2, -0.15) is 5.10 Å². The highest BCUT2D eigenvalue weighted by Crippen LogP contribution is 2.33.